The molecule has 1 aliphatic rings. The molecule has 1 N–H and O–H groups in total. The predicted octanol–water partition coefficient (Wildman–Crippen LogP) is 3.26. The second-order valence-corrected chi connectivity index (χ2v) is 8.67. The molecule has 11 heteroatoms. The minimum Gasteiger partial charge on any atom is -0.405 e. The maximum Gasteiger partial charge on any atom is 0.573 e. The maximum atomic E-state index is 12.6. The van der Waals surface area contributed by atoms with Gasteiger partial charge in [0.15, 0.2) is 0 Å². The van der Waals surface area contributed by atoms with E-state index in [2.05, 4.69) is 15.0 Å². The summed E-state index contributed by atoms with van der Waals surface area (Å²) in [4.78, 5) is 30.1. The van der Waals surface area contributed by atoms with Crippen molar-refractivity contribution in [2.45, 2.75) is 25.9 Å². The van der Waals surface area contributed by atoms with Crippen molar-refractivity contribution in [3.05, 3.63) is 51.7 Å². The number of methoxy groups -OCH3 is 1. The second-order valence-electron chi connectivity index (χ2n) is 7.50. The summed E-state index contributed by atoms with van der Waals surface area (Å²) in [6, 6.07) is 9.28. The minimum absolute atomic E-state index is 0.0859. The zero-order chi connectivity index (χ0) is 23.8. The first-order valence-corrected chi connectivity index (χ1v) is 11.3. The molecule has 33 heavy (non-hydrogen) atoms. The van der Waals surface area contributed by atoms with Crippen LogP contribution in [0, 0.1) is 0 Å². The second kappa shape index (κ2) is 11.5. The van der Waals surface area contributed by atoms with Crippen LogP contribution in [0.1, 0.15) is 26.5 Å². The number of hydrogen-bond donors (Lipinski definition) is 1. The van der Waals surface area contributed by atoms with Crippen molar-refractivity contribution < 1.29 is 32.2 Å². The monoisotopic (exact) mass is 485 g/mol. The van der Waals surface area contributed by atoms with E-state index in [1.807, 2.05) is 11.0 Å². The number of rotatable bonds is 9. The van der Waals surface area contributed by atoms with Gasteiger partial charge in [0.1, 0.15) is 5.75 Å². The highest BCUT2D eigenvalue weighted by molar-refractivity contribution is 7.14. The molecular formula is C22H26F3N3O4S. The van der Waals surface area contributed by atoms with Crippen molar-refractivity contribution in [2.75, 3.05) is 39.9 Å². The van der Waals surface area contributed by atoms with Crippen molar-refractivity contribution in [3.8, 4) is 5.75 Å². The van der Waals surface area contributed by atoms with E-state index in [0.29, 0.717) is 37.5 Å². The Morgan fingerprint density at radius 2 is 1.82 bits per heavy atom. The standard InChI is InChI=1S/C22H26F3N3O4S/c1-31-13-8-20(29)28-11-9-27(10-12-28)15-17-6-7-19(33-17)21(30)26-14-16-4-2-3-5-18(16)32-22(23,24)25/h2-7H,8-15H2,1H3,(H,26,30). The van der Waals surface area contributed by atoms with Crippen LogP contribution < -0.4 is 10.1 Å². The molecule has 1 fully saturated rings. The highest BCUT2D eigenvalue weighted by Crippen LogP contribution is 2.26. The van der Waals surface area contributed by atoms with Crippen LogP contribution in [0.25, 0.3) is 0 Å². The van der Waals surface area contributed by atoms with Crippen LogP contribution in [0.4, 0.5) is 13.2 Å². The van der Waals surface area contributed by atoms with Gasteiger partial charge in [0.2, 0.25) is 5.91 Å². The molecule has 0 aliphatic carbocycles. The Hall–Kier alpha value is -2.63. The first-order chi connectivity index (χ1) is 15.7. The number of benzene rings is 1. The molecule has 2 heterocycles. The zero-order valence-electron chi connectivity index (χ0n) is 18.2. The lowest BCUT2D eigenvalue weighted by molar-refractivity contribution is -0.274. The molecule has 2 aromatic rings. The van der Waals surface area contributed by atoms with E-state index in [9.17, 15) is 22.8 Å². The summed E-state index contributed by atoms with van der Waals surface area (Å²) in [5.41, 5.74) is 0.234. The van der Waals surface area contributed by atoms with Gasteiger partial charge in [-0.15, -0.1) is 24.5 Å². The summed E-state index contributed by atoms with van der Waals surface area (Å²) in [5, 5.41) is 2.65. The summed E-state index contributed by atoms with van der Waals surface area (Å²) >= 11 is 1.34. The van der Waals surface area contributed by atoms with Crippen LogP contribution in [0.5, 0.6) is 5.75 Å². The number of nitrogens with zero attached hydrogens (tertiary/aromatic N) is 2. The molecule has 0 bridgehead atoms. The number of amides is 2. The fraction of sp³-hybridized carbons (Fsp3) is 0.455. The number of thiophene rings is 1. The number of para-hydroxylation sites is 1. The Balaban J connectivity index is 1.48. The van der Waals surface area contributed by atoms with Gasteiger partial charge in [0, 0.05) is 56.8 Å². The van der Waals surface area contributed by atoms with Crippen LogP contribution in [-0.4, -0.2) is 67.9 Å². The quantitative estimate of drug-likeness (QED) is 0.591. The number of carbonyl (C=O) groups is 2. The molecule has 3 rings (SSSR count). The van der Waals surface area contributed by atoms with Gasteiger partial charge in [-0.25, -0.2) is 0 Å². The number of carbonyl (C=O) groups excluding carboxylic acids is 2. The van der Waals surface area contributed by atoms with Crippen LogP contribution in [-0.2, 0) is 22.6 Å². The minimum atomic E-state index is -4.80. The molecule has 2 amide bonds. The molecule has 0 atom stereocenters. The molecule has 0 radical (unpaired) electrons. The van der Waals surface area contributed by atoms with Crippen LogP contribution >= 0.6 is 11.3 Å². The fourth-order valence-corrected chi connectivity index (χ4v) is 4.41. The van der Waals surface area contributed by atoms with E-state index in [0.717, 1.165) is 18.0 Å². The van der Waals surface area contributed by atoms with Crippen LogP contribution in [0.15, 0.2) is 36.4 Å². The van der Waals surface area contributed by atoms with Gasteiger partial charge < -0.3 is 19.7 Å². The van der Waals surface area contributed by atoms with Crippen molar-refractivity contribution >= 4 is 23.2 Å². The first kappa shape index (κ1) is 25.0. The number of ether oxygens (including phenoxy) is 2. The highest BCUT2D eigenvalue weighted by atomic mass is 32.1. The number of halogens is 3. The third kappa shape index (κ3) is 7.72. The van der Waals surface area contributed by atoms with E-state index in [-0.39, 0.29) is 29.7 Å². The van der Waals surface area contributed by atoms with Gasteiger partial charge in [-0.3, -0.25) is 14.5 Å². The Morgan fingerprint density at radius 3 is 2.52 bits per heavy atom. The summed E-state index contributed by atoms with van der Waals surface area (Å²) in [7, 11) is 1.57. The normalized spacial score (nSPS) is 14.8. The zero-order valence-corrected chi connectivity index (χ0v) is 19.0. The van der Waals surface area contributed by atoms with E-state index in [1.54, 1.807) is 19.2 Å². The number of nitrogens with one attached hydrogen (secondary N) is 1. The van der Waals surface area contributed by atoms with Crippen molar-refractivity contribution in [1.82, 2.24) is 15.1 Å². The van der Waals surface area contributed by atoms with Crippen LogP contribution in [0.2, 0.25) is 0 Å². The number of alkyl halides is 3. The summed E-state index contributed by atoms with van der Waals surface area (Å²) in [6.07, 6.45) is -4.42. The average Bonchev–Trinajstić information content (AvgIpc) is 3.24. The van der Waals surface area contributed by atoms with E-state index >= 15 is 0 Å². The Morgan fingerprint density at radius 1 is 1.09 bits per heavy atom. The summed E-state index contributed by atoms with van der Waals surface area (Å²) in [6.45, 7) is 3.79. The Bertz CT molecular complexity index is 943. The lowest BCUT2D eigenvalue weighted by Gasteiger charge is -2.34. The smallest absolute Gasteiger partial charge is 0.405 e. The predicted molar refractivity (Wildman–Crippen MR) is 117 cm³/mol. The third-order valence-electron chi connectivity index (χ3n) is 5.15. The lowest BCUT2D eigenvalue weighted by Crippen LogP contribution is -2.48. The molecular weight excluding hydrogens is 459 g/mol. The molecule has 0 unspecified atom stereocenters. The first-order valence-electron chi connectivity index (χ1n) is 10.4. The van der Waals surface area contributed by atoms with Gasteiger partial charge in [-0.1, -0.05) is 18.2 Å². The molecule has 7 nitrogen and oxygen atoms in total. The topological polar surface area (TPSA) is 71.1 Å². The van der Waals surface area contributed by atoms with Crippen LogP contribution in [0.3, 0.4) is 0 Å². The summed E-state index contributed by atoms with van der Waals surface area (Å²) < 4.78 is 46.6. The van der Waals surface area contributed by atoms with Gasteiger partial charge in [-0.2, -0.15) is 0 Å². The van der Waals surface area contributed by atoms with E-state index in [4.69, 9.17) is 4.74 Å². The molecule has 1 aliphatic heterocycles. The van der Waals surface area contributed by atoms with Crippen molar-refractivity contribution in [2.24, 2.45) is 0 Å². The van der Waals surface area contributed by atoms with Gasteiger partial charge in [0.25, 0.3) is 5.91 Å². The van der Waals surface area contributed by atoms with Crippen molar-refractivity contribution in [3.63, 3.8) is 0 Å². The Kier molecular flexibility index (Phi) is 8.70. The summed E-state index contributed by atoms with van der Waals surface area (Å²) in [5.74, 6) is -0.604. The third-order valence-corrected chi connectivity index (χ3v) is 6.22. The SMILES string of the molecule is COCCC(=O)N1CCN(Cc2ccc(C(=O)NCc3ccccc3OC(F)(F)F)s2)CC1. The van der Waals surface area contributed by atoms with Gasteiger partial charge in [0.05, 0.1) is 17.9 Å². The lowest BCUT2D eigenvalue weighted by atomic mass is 10.2. The van der Waals surface area contributed by atoms with E-state index < -0.39 is 6.36 Å². The maximum absolute atomic E-state index is 12.6. The number of piperazine rings is 1. The Labute approximate surface area is 194 Å². The van der Waals surface area contributed by atoms with Gasteiger partial charge in [-0.05, 0) is 18.2 Å². The van der Waals surface area contributed by atoms with E-state index in [1.165, 1.54) is 29.5 Å². The average molecular weight is 486 g/mol. The molecule has 1 aromatic carbocycles. The molecule has 1 aromatic heterocycles. The highest BCUT2D eigenvalue weighted by Gasteiger charge is 2.32. The molecule has 180 valence electrons. The fourth-order valence-electron chi connectivity index (χ4n) is 3.44. The molecule has 1 saturated heterocycles. The largest absolute Gasteiger partial charge is 0.573 e. The molecule has 0 saturated carbocycles. The molecule has 0 spiro atoms. The van der Waals surface area contributed by atoms with Crippen molar-refractivity contribution in [1.29, 1.82) is 0 Å². The van der Waals surface area contributed by atoms with Gasteiger partial charge >= 0.3 is 6.36 Å². The number of hydrogen-bond acceptors (Lipinski definition) is 6.